The van der Waals surface area contributed by atoms with E-state index in [0.717, 1.165) is 31.6 Å². The van der Waals surface area contributed by atoms with Gasteiger partial charge in [0.15, 0.2) is 0 Å². The third kappa shape index (κ3) is 4.17. The van der Waals surface area contributed by atoms with Gasteiger partial charge in [-0.1, -0.05) is 13.8 Å². The molecule has 2 heterocycles. The minimum absolute atomic E-state index is 0.547. The van der Waals surface area contributed by atoms with Crippen LogP contribution in [-0.4, -0.2) is 43.8 Å². The van der Waals surface area contributed by atoms with Crippen molar-refractivity contribution in [2.24, 2.45) is 23.5 Å². The highest BCUT2D eigenvalue weighted by atomic mass is 16.5. The zero-order chi connectivity index (χ0) is 13.7. The van der Waals surface area contributed by atoms with E-state index in [2.05, 4.69) is 18.7 Å². The Balaban J connectivity index is 1.91. The van der Waals surface area contributed by atoms with Gasteiger partial charge in [0.25, 0.3) is 0 Å². The number of rotatable bonds is 4. The van der Waals surface area contributed by atoms with E-state index in [4.69, 9.17) is 10.5 Å². The van der Waals surface area contributed by atoms with E-state index >= 15 is 0 Å². The van der Waals surface area contributed by atoms with Gasteiger partial charge in [-0.05, 0) is 62.9 Å². The Bertz CT molecular complexity index is 251. The summed E-state index contributed by atoms with van der Waals surface area (Å²) in [6.45, 7) is 9.88. The number of likely N-dealkylation sites (tertiary alicyclic amines) is 1. The molecule has 112 valence electrons. The molecule has 0 saturated carbocycles. The molecule has 0 bridgehead atoms. The molecule has 0 radical (unpaired) electrons. The van der Waals surface area contributed by atoms with Crippen LogP contribution in [0.15, 0.2) is 0 Å². The van der Waals surface area contributed by atoms with E-state index in [0.29, 0.717) is 12.0 Å². The van der Waals surface area contributed by atoms with Crippen molar-refractivity contribution >= 4 is 0 Å². The quantitative estimate of drug-likeness (QED) is 0.851. The van der Waals surface area contributed by atoms with Crippen LogP contribution in [-0.2, 0) is 4.74 Å². The molecule has 3 unspecified atom stereocenters. The third-order valence-electron chi connectivity index (χ3n) is 5.20. The highest BCUT2D eigenvalue weighted by Crippen LogP contribution is 2.28. The average Bonchev–Trinajstić information content (AvgIpc) is 2.67. The predicted molar refractivity (Wildman–Crippen MR) is 80.1 cm³/mol. The van der Waals surface area contributed by atoms with Crippen LogP contribution in [0.4, 0.5) is 0 Å². The lowest BCUT2D eigenvalue weighted by Gasteiger charge is -2.37. The molecule has 3 atom stereocenters. The fourth-order valence-corrected chi connectivity index (χ4v) is 3.85. The van der Waals surface area contributed by atoms with E-state index in [1.54, 1.807) is 0 Å². The summed E-state index contributed by atoms with van der Waals surface area (Å²) in [7, 11) is 0. The number of nitrogens with two attached hydrogens (primary N) is 1. The molecule has 3 nitrogen and oxygen atoms in total. The van der Waals surface area contributed by atoms with E-state index in [-0.39, 0.29) is 0 Å². The maximum atomic E-state index is 6.08. The molecule has 0 aromatic carbocycles. The van der Waals surface area contributed by atoms with Crippen LogP contribution in [0, 0.1) is 17.8 Å². The highest BCUT2D eigenvalue weighted by molar-refractivity contribution is 4.84. The molecule has 3 heteroatoms. The number of ether oxygens (including phenoxy) is 1. The Hall–Kier alpha value is -0.120. The topological polar surface area (TPSA) is 38.5 Å². The molecule has 2 fully saturated rings. The maximum absolute atomic E-state index is 6.08. The zero-order valence-corrected chi connectivity index (χ0v) is 12.8. The molecule has 2 aliphatic heterocycles. The normalized spacial score (nSPS) is 32.2. The fraction of sp³-hybridized carbons (Fsp3) is 1.00. The summed E-state index contributed by atoms with van der Waals surface area (Å²) in [5.41, 5.74) is 6.08. The van der Waals surface area contributed by atoms with Crippen molar-refractivity contribution in [1.82, 2.24) is 4.90 Å². The lowest BCUT2D eigenvalue weighted by Crippen LogP contribution is -2.48. The molecular formula is C16H32N2O. The summed E-state index contributed by atoms with van der Waals surface area (Å²) >= 11 is 0. The second-order valence-electron chi connectivity index (χ2n) is 6.75. The standard InChI is InChI=1S/C16H32N2O/c1-13(2)14-5-3-8-18(9-7-14)16(11-17)15-6-4-10-19-12-15/h13-16H,3-12,17H2,1-2H3. The van der Waals surface area contributed by atoms with Crippen molar-refractivity contribution in [3.05, 3.63) is 0 Å². The van der Waals surface area contributed by atoms with Gasteiger partial charge in [-0.2, -0.15) is 0 Å². The van der Waals surface area contributed by atoms with Crippen molar-refractivity contribution in [1.29, 1.82) is 0 Å². The van der Waals surface area contributed by atoms with Crippen LogP contribution in [0.5, 0.6) is 0 Å². The van der Waals surface area contributed by atoms with Crippen molar-refractivity contribution < 1.29 is 4.74 Å². The van der Waals surface area contributed by atoms with E-state index in [1.165, 1.54) is 45.2 Å². The molecule has 0 aromatic heterocycles. The first-order chi connectivity index (χ1) is 9.22. The Morgan fingerprint density at radius 2 is 1.89 bits per heavy atom. The average molecular weight is 268 g/mol. The Labute approximate surface area is 118 Å². The van der Waals surface area contributed by atoms with Gasteiger partial charge >= 0.3 is 0 Å². The summed E-state index contributed by atoms with van der Waals surface area (Å²) in [6.07, 6.45) is 6.59. The van der Waals surface area contributed by atoms with E-state index < -0.39 is 0 Å². The van der Waals surface area contributed by atoms with Gasteiger partial charge in [-0.3, -0.25) is 4.90 Å². The smallest absolute Gasteiger partial charge is 0.0509 e. The lowest BCUT2D eigenvalue weighted by molar-refractivity contribution is 0.0116. The third-order valence-corrected chi connectivity index (χ3v) is 5.20. The molecule has 0 aromatic rings. The van der Waals surface area contributed by atoms with Crippen LogP contribution in [0.3, 0.4) is 0 Å². The number of nitrogens with zero attached hydrogens (tertiary/aromatic N) is 1. The second-order valence-corrected chi connectivity index (χ2v) is 6.75. The minimum Gasteiger partial charge on any atom is -0.381 e. The van der Waals surface area contributed by atoms with Crippen molar-refractivity contribution in [3.8, 4) is 0 Å². The monoisotopic (exact) mass is 268 g/mol. The van der Waals surface area contributed by atoms with Gasteiger partial charge in [0.2, 0.25) is 0 Å². The summed E-state index contributed by atoms with van der Waals surface area (Å²) in [6, 6.07) is 0.547. The highest BCUT2D eigenvalue weighted by Gasteiger charge is 2.30. The van der Waals surface area contributed by atoms with E-state index in [9.17, 15) is 0 Å². The Morgan fingerprint density at radius 3 is 2.53 bits per heavy atom. The van der Waals surface area contributed by atoms with Crippen LogP contribution < -0.4 is 5.73 Å². The maximum Gasteiger partial charge on any atom is 0.0509 e. The van der Waals surface area contributed by atoms with Gasteiger partial charge in [-0.15, -0.1) is 0 Å². The zero-order valence-electron chi connectivity index (χ0n) is 12.8. The molecule has 2 saturated heterocycles. The number of hydrogen-bond acceptors (Lipinski definition) is 3. The summed E-state index contributed by atoms with van der Waals surface area (Å²) in [4.78, 5) is 2.67. The van der Waals surface area contributed by atoms with E-state index in [1.807, 2.05) is 0 Å². The van der Waals surface area contributed by atoms with Crippen LogP contribution in [0.2, 0.25) is 0 Å². The summed E-state index contributed by atoms with van der Waals surface area (Å²) in [5.74, 6) is 2.40. The van der Waals surface area contributed by atoms with Gasteiger partial charge in [0.05, 0.1) is 6.61 Å². The molecule has 0 amide bonds. The van der Waals surface area contributed by atoms with Crippen molar-refractivity contribution in [2.75, 3.05) is 32.8 Å². The van der Waals surface area contributed by atoms with Gasteiger partial charge in [-0.25, -0.2) is 0 Å². The first-order valence-corrected chi connectivity index (χ1v) is 8.24. The minimum atomic E-state index is 0.547. The summed E-state index contributed by atoms with van der Waals surface area (Å²) in [5, 5.41) is 0. The number of hydrogen-bond donors (Lipinski definition) is 1. The molecule has 19 heavy (non-hydrogen) atoms. The largest absolute Gasteiger partial charge is 0.381 e. The lowest BCUT2D eigenvalue weighted by atomic mass is 9.89. The molecular weight excluding hydrogens is 236 g/mol. The molecule has 0 spiro atoms. The Morgan fingerprint density at radius 1 is 1.11 bits per heavy atom. The fourth-order valence-electron chi connectivity index (χ4n) is 3.85. The first-order valence-electron chi connectivity index (χ1n) is 8.24. The van der Waals surface area contributed by atoms with Crippen LogP contribution in [0.1, 0.15) is 46.0 Å². The molecule has 0 aliphatic carbocycles. The van der Waals surface area contributed by atoms with Crippen LogP contribution in [0.25, 0.3) is 0 Å². The van der Waals surface area contributed by atoms with Gasteiger partial charge < -0.3 is 10.5 Å². The predicted octanol–water partition coefficient (Wildman–Crippen LogP) is 2.50. The molecule has 2 aliphatic rings. The van der Waals surface area contributed by atoms with Crippen molar-refractivity contribution in [2.45, 2.75) is 52.0 Å². The second kappa shape index (κ2) is 7.61. The summed E-state index contributed by atoms with van der Waals surface area (Å²) < 4.78 is 5.66. The Kier molecular flexibility index (Phi) is 6.11. The van der Waals surface area contributed by atoms with Gasteiger partial charge in [0.1, 0.15) is 0 Å². The first kappa shape index (κ1) is 15.3. The SMILES string of the molecule is CC(C)C1CCCN(C(CN)C2CCCOC2)CC1. The van der Waals surface area contributed by atoms with Gasteiger partial charge in [0, 0.05) is 19.2 Å². The molecule has 2 rings (SSSR count). The molecule has 2 N–H and O–H groups in total. The van der Waals surface area contributed by atoms with Crippen molar-refractivity contribution in [3.63, 3.8) is 0 Å². The van der Waals surface area contributed by atoms with Crippen LogP contribution >= 0.6 is 0 Å².